The van der Waals surface area contributed by atoms with E-state index < -0.39 is 0 Å². The van der Waals surface area contributed by atoms with Crippen molar-refractivity contribution in [3.63, 3.8) is 0 Å². The minimum absolute atomic E-state index is 0.0519. The van der Waals surface area contributed by atoms with Gasteiger partial charge in [-0.1, -0.05) is 6.42 Å². The maximum atomic E-state index is 12.5. The number of hydrogen-bond acceptors (Lipinski definition) is 5. The van der Waals surface area contributed by atoms with Crippen LogP contribution in [0, 0.1) is 0 Å². The monoisotopic (exact) mass is 341 g/mol. The molecule has 2 fully saturated rings. The normalized spacial score (nSPS) is 23.2. The molecule has 2 heterocycles. The van der Waals surface area contributed by atoms with Gasteiger partial charge in [-0.2, -0.15) is 0 Å². The van der Waals surface area contributed by atoms with E-state index in [1.54, 1.807) is 7.05 Å². The van der Waals surface area contributed by atoms with Crippen LogP contribution >= 0.6 is 0 Å². The second-order valence-electron chi connectivity index (χ2n) is 7.69. The summed E-state index contributed by atoms with van der Waals surface area (Å²) in [6.45, 7) is 8.25. The molecule has 0 aromatic heterocycles. The Balaban J connectivity index is 1.85. The highest BCUT2D eigenvalue weighted by molar-refractivity contribution is 5.85. The fourth-order valence-corrected chi connectivity index (χ4v) is 3.18. The Morgan fingerprint density at radius 1 is 1.21 bits per heavy atom. The van der Waals surface area contributed by atoms with Gasteiger partial charge in [0, 0.05) is 12.6 Å². The molecule has 2 amide bonds. The average Bonchev–Trinajstić information content (AvgIpc) is 2.99. The molecule has 0 aliphatic carbocycles. The summed E-state index contributed by atoms with van der Waals surface area (Å²) in [5.74, 6) is -0.194. The summed E-state index contributed by atoms with van der Waals surface area (Å²) in [7, 11) is 1.67. The summed E-state index contributed by atoms with van der Waals surface area (Å²) in [4.78, 5) is 28.1. The van der Waals surface area contributed by atoms with Gasteiger partial charge in [0.25, 0.3) is 0 Å². The smallest absolute Gasteiger partial charge is 0.240 e. The standard InChI is InChI=1S/C17H31N3O4/c1-17(2,3)18-14(21)11-19(4)15(22)12-20-8-6-5-7-13(20)16-23-9-10-24-16/h13,16H,5-12H2,1-4H3,(H,18,21). The summed E-state index contributed by atoms with van der Waals surface area (Å²) in [6, 6.07) is 0.127. The van der Waals surface area contributed by atoms with Crippen molar-refractivity contribution >= 4 is 11.8 Å². The number of amides is 2. The molecule has 7 nitrogen and oxygen atoms in total. The predicted molar refractivity (Wildman–Crippen MR) is 90.4 cm³/mol. The van der Waals surface area contributed by atoms with Crippen LogP contribution in [-0.4, -0.2) is 79.4 Å². The summed E-state index contributed by atoms with van der Waals surface area (Å²) in [5, 5.41) is 2.88. The van der Waals surface area contributed by atoms with Crippen LogP contribution in [0.2, 0.25) is 0 Å². The largest absolute Gasteiger partial charge is 0.350 e. The predicted octanol–water partition coefficient (Wildman–Crippen LogP) is 0.587. The Morgan fingerprint density at radius 3 is 2.50 bits per heavy atom. The Labute approximate surface area is 144 Å². The number of piperidine rings is 1. The van der Waals surface area contributed by atoms with E-state index in [9.17, 15) is 9.59 Å². The summed E-state index contributed by atoms with van der Waals surface area (Å²) < 4.78 is 11.3. The highest BCUT2D eigenvalue weighted by atomic mass is 16.7. The van der Waals surface area contributed by atoms with Crippen LogP contribution in [0.4, 0.5) is 0 Å². The van der Waals surface area contributed by atoms with Crippen molar-refractivity contribution in [1.29, 1.82) is 0 Å². The van der Waals surface area contributed by atoms with Crippen LogP contribution in [0.3, 0.4) is 0 Å². The molecular weight excluding hydrogens is 310 g/mol. The molecule has 1 atom stereocenters. The highest BCUT2D eigenvalue weighted by Gasteiger charge is 2.35. The number of hydrogen-bond donors (Lipinski definition) is 1. The molecule has 0 radical (unpaired) electrons. The maximum absolute atomic E-state index is 12.5. The van der Waals surface area contributed by atoms with Gasteiger partial charge in [-0.25, -0.2) is 0 Å². The van der Waals surface area contributed by atoms with Gasteiger partial charge in [-0.3, -0.25) is 14.5 Å². The summed E-state index contributed by atoms with van der Waals surface area (Å²) in [6.07, 6.45) is 2.95. The number of nitrogens with one attached hydrogen (secondary N) is 1. The molecule has 0 aromatic rings. The number of likely N-dealkylation sites (tertiary alicyclic amines) is 1. The lowest BCUT2D eigenvalue weighted by molar-refractivity contribution is -0.141. The van der Waals surface area contributed by atoms with Crippen molar-refractivity contribution in [3.8, 4) is 0 Å². The third-order valence-electron chi connectivity index (χ3n) is 4.29. The van der Waals surface area contributed by atoms with Crippen LogP contribution in [0.1, 0.15) is 40.0 Å². The zero-order valence-electron chi connectivity index (χ0n) is 15.3. The fraction of sp³-hybridized carbons (Fsp3) is 0.882. The van der Waals surface area contributed by atoms with Crippen LogP contribution in [-0.2, 0) is 19.1 Å². The molecular formula is C17H31N3O4. The van der Waals surface area contributed by atoms with E-state index in [1.165, 1.54) is 4.90 Å². The molecule has 0 saturated carbocycles. The Morgan fingerprint density at radius 2 is 1.88 bits per heavy atom. The Hall–Kier alpha value is -1.18. The molecule has 2 saturated heterocycles. The Bertz CT molecular complexity index is 444. The number of carbonyl (C=O) groups excluding carboxylic acids is 2. The van der Waals surface area contributed by atoms with Gasteiger partial charge in [0.15, 0.2) is 6.29 Å². The second-order valence-corrected chi connectivity index (χ2v) is 7.69. The molecule has 1 N–H and O–H groups in total. The number of carbonyl (C=O) groups is 2. The van der Waals surface area contributed by atoms with Crippen LogP contribution in [0.15, 0.2) is 0 Å². The zero-order valence-corrected chi connectivity index (χ0v) is 15.3. The first-order valence-corrected chi connectivity index (χ1v) is 8.78. The second kappa shape index (κ2) is 8.27. The molecule has 0 aromatic carbocycles. The lowest BCUT2D eigenvalue weighted by Gasteiger charge is -2.38. The van der Waals surface area contributed by atoms with Crippen molar-refractivity contribution in [3.05, 3.63) is 0 Å². The summed E-state index contributed by atoms with van der Waals surface area (Å²) in [5.41, 5.74) is -0.296. The van der Waals surface area contributed by atoms with Gasteiger partial charge in [0.1, 0.15) is 0 Å². The van der Waals surface area contributed by atoms with Crippen LogP contribution in [0.25, 0.3) is 0 Å². The van der Waals surface area contributed by atoms with Crippen LogP contribution in [0.5, 0.6) is 0 Å². The topological polar surface area (TPSA) is 71.1 Å². The SMILES string of the molecule is CN(CC(=O)NC(C)(C)C)C(=O)CN1CCCCC1C1OCCO1. The van der Waals surface area contributed by atoms with E-state index in [2.05, 4.69) is 10.2 Å². The number of rotatable bonds is 5. The molecule has 138 valence electrons. The molecule has 7 heteroatoms. The van der Waals surface area contributed by atoms with Gasteiger partial charge in [-0.05, 0) is 40.2 Å². The highest BCUT2D eigenvalue weighted by Crippen LogP contribution is 2.24. The van der Waals surface area contributed by atoms with Crippen molar-refractivity contribution in [2.45, 2.75) is 57.9 Å². The van der Waals surface area contributed by atoms with E-state index in [0.29, 0.717) is 19.8 Å². The number of likely N-dealkylation sites (N-methyl/N-ethyl adjacent to an activating group) is 1. The minimum Gasteiger partial charge on any atom is -0.350 e. The quantitative estimate of drug-likeness (QED) is 0.792. The zero-order chi connectivity index (χ0) is 17.7. The van der Waals surface area contributed by atoms with Crippen molar-refractivity contribution in [2.75, 3.05) is 39.9 Å². The molecule has 2 rings (SSSR count). The van der Waals surface area contributed by atoms with Gasteiger partial charge < -0.3 is 19.7 Å². The molecule has 2 aliphatic heterocycles. The first kappa shape index (κ1) is 19.1. The van der Waals surface area contributed by atoms with Gasteiger partial charge >= 0.3 is 0 Å². The van der Waals surface area contributed by atoms with E-state index in [0.717, 1.165) is 25.8 Å². The molecule has 0 bridgehead atoms. The molecule has 1 unspecified atom stereocenters. The van der Waals surface area contributed by atoms with E-state index in [-0.39, 0.29) is 36.2 Å². The number of nitrogens with zero attached hydrogens (tertiary/aromatic N) is 2. The lowest BCUT2D eigenvalue weighted by atomic mass is 10.0. The molecule has 2 aliphatic rings. The van der Waals surface area contributed by atoms with Crippen molar-refractivity contribution in [2.24, 2.45) is 0 Å². The van der Waals surface area contributed by atoms with Crippen molar-refractivity contribution in [1.82, 2.24) is 15.1 Å². The van der Waals surface area contributed by atoms with Gasteiger partial charge in [-0.15, -0.1) is 0 Å². The van der Waals surface area contributed by atoms with E-state index in [4.69, 9.17) is 9.47 Å². The molecule has 0 spiro atoms. The molecule has 24 heavy (non-hydrogen) atoms. The summed E-state index contributed by atoms with van der Waals surface area (Å²) >= 11 is 0. The van der Waals surface area contributed by atoms with Gasteiger partial charge in [0.05, 0.1) is 32.3 Å². The van der Waals surface area contributed by atoms with Gasteiger partial charge in [0.2, 0.25) is 11.8 Å². The van der Waals surface area contributed by atoms with Crippen LogP contribution < -0.4 is 5.32 Å². The first-order valence-electron chi connectivity index (χ1n) is 8.78. The lowest BCUT2D eigenvalue weighted by Crippen LogP contribution is -2.52. The average molecular weight is 341 g/mol. The van der Waals surface area contributed by atoms with Crippen molar-refractivity contribution < 1.29 is 19.1 Å². The minimum atomic E-state index is -0.296. The van der Waals surface area contributed by atoms with E-state index >= 15 is 0 Å². The third-order valence-corrected chi connectivity index (χ3v) is 4.29. The maximum Gasteiger partial charge on any atom is 0.240 e. The first-order chi connectivity index (χ1) is 11.3. The Kier molecular flexibility index (Phi) is 6.60. The number of ether oxygens (including phenoxy) is 2. The third kappa shape index (κ3) is 5.72. The fourth-order valence-electron chi connectivity index (χ4n) is 3.18. The van der Waals surface area contributed by atoms with E-state index in [1.807, 2.05) is 20.8 Å².